The van der Waals surface area contributed by atoms with E-state index in [0.717, 1.165) is 34.6 Å². The number of carbonyl (C=O) groups excluding carboxylic acids is 1. The lowest BCUT2D eigenvalue weighted by atomic mass is 10.1. The van der Waals surface area contributed by atoms with Gasteiger partial charge in [-0.15, -0.1) is 0 Å². The van der Waals surface area contributed by atoms with Gasteiger partial charge in [0.15, 0.2) is 0 Å². The van der Waals surface area contributed by atoms with Crippen LogP contribution in [-0.2, 0) is 13.1 Å². The fourth-order valence-corrected chi connectivity index (χ4v) is 2.87. The summed E-state index contributed by atoms with van der Waals surface area (Å²) in [6.45, 7) is 3.18. The van der Waals surface area contributed by atoms with Gasteiger partial charge in [-0.2, -0.15) is 0 Å². The SMILES string of the molecule is Cc1cc(N(C)C)ccc1NC(=O)NCc1ccccc1Cn1ccnc1. The van der Waals surface area contributed by atoms with E-state index in [2.05, 4.69) is 27.8 Å². The maximum atomic E-state index is 12.3. The zero-order chi connectivity index (χ0) is 19.2. The number of nitrogens with zero attached hydrogens (tertiary/aromatic N) is 3. The summed E-state index contributed by atoms with van der Waals surface area (Å²) < 4.78 is 2.01. The monoisotopic (exact) mass is 363 g/mol. The van der Waals surface area contributed by atoms with Crippen molar-refractivity contribution < 1.29 is 4.79 Å². The van der Waals surface area contributed by atoms with Crippen LogP contribution in [0.1, 0.15) is 16.7 Å². The Morgan fingerprint density at radius 2 is 1.93 bits per heavy atom. The third-order valence-corrected chi connectivity index (χ3v) is 4.44. The predicted molar refractivity (Wildman–Crippen MR) is 109 cm³/mol. The maximum absolute atomic E-state index is 12.3. The smallest absolute Gasteiger partial charge is 0.319 e. The molecule has 0 saturated heterocycles. The number of urea groups is 1. The van der Waals surface area contributed by atoms with Crippen molar-refractivity contribution in [2.75, 3.05) is 24.3 Å². The molecule has 0 radical (unpaired) electrons. The average molecular weight is 363 g/mol. The van der Waals surface area contributed by atoms with Gasteiger partial charge in [-0.3, -0.25) is 0 Å². The lowest BCUT2D eigenvalue weighted by molar-refractivity contribution is 0.251. The molecule has 27 heavy (non-hydrogen) atoms. The lowest BCUT2D eigenvalue weighted by Crippen LogP contribution is -2.29. The Morgan fingerprint density at radius 1 is 1.15 bits per heavy atom. The number of rotatable bonds is 6. The molecule has 0 saturated carbocycles. The standard InChI is InChI=1S/C21H25N5O/c1-16-12-19(25(2)3)8-9-20(16)24-21(27)23-13-17-6-4-5-7-18(17)14-26-11-10-22-15-26/h4-12,15H,13-14H2,1-3H3,(H2,23,24,27). The molecule has 0 aliphatic carbocycles. The second-order valence-corrected chi connectivity index (χ2v) is 6.71. The fourth-order valence-electron chi connectivity index (χ4n) is 2.87. The van der Waals surface area contributed by atoms with E-state index in [0.29, 0.717) is 6.54 Å². The molecule has 0 aliphatic heterocycles. The summed E-state index contributed by atoms with van der Waals surface area (Å²) in [5.74, 6) is 0. The number of nitrogens with one attached hydrogen (secondary N) is 2. The van der Waals surface area contributed by atoms with Crippen LogP contribution in [0.5, 0.6) is 0 Å². The molecule has 2 N–H and O–H groups in total. The lowest BCUT2D eigenvalue weighted by Gasteiger charge is -2.16. The first-order chi connectivity index (χ1) is 13.0. The number of anilines is 2. The minimum absolute atomic E-state index is 0.215. The van der Waals surface area contributed by atoms with Crippen LogP contribution in [0.3, 0.4) is 0 Å². The van der Waals surface area contributed by atoms with Crippen LogP contribution >= 0.6 is 0 Å². The first-order valence-electron chi connectivity index (χ1n) is 8.88. The van der Waals surface area contributed by atoms with Crippen molar-refractivity contribution in [2.45, 2.75) is 20.0 Å². The highest BCUT2D eigenvalue weighted by molar-refractivity contribution is 5.90. The molecule has 140 valence electrons. The van der Waals surface area contributed by atoms with Gasteiger partial charge >= 0.3 is 6.03 Å². The quantitative estimate of drug-likeness (QED) is 0.703. The highest BCUT2D eigenvalue weighted by Gasteiger charge is 2.08. The molecule has 6 heteroatoms. The Balaban J connectivity index is 1.61. The van der Waals surface area contributed by atoms with E-state index >= 15 is 0 Å². The van der Waals surface area contributed by atoms with Crippen LogP contribution in [0, 0.1) is 6.92 Å². The molecule has 0 atom stereocenters. The summed E-state index contributed by atoms with van der Waals surface area (Å²) in [5, 5.41) is 5.87. The van der Waals surface area contributed by atoms with E-state index in [4.69, 9.17) is 0 Å². The Labute approximate surface area is 159 Å². The number of benzene rings is 2. The third kappa shape index (κ3) is 4.88. The average Bonchev–Trinajstić information content (AvgIpc) is 3.15. The van der Waals surface area contributed by atoms with Crippen LogP contribution in [0.25, 0.3) is 0 Å². The van der Waals surface area contributed by atoms with Crippen LogP contribution in [0.15, 0.2) is 61.2 Å². The molecule has 3 aromatic rings. The number of carbonyl (C=O) groups is 1. The van der Waals surface area contributed by atoms with Gasteiger partial charge in [0.2, 0.25) is 0 Å². The van der Waals surface area contributed by atoms with Crippen LogP contribution in [0.4, 0.5) is 16.2 Å². The van der Waals surface area contributed by atoms with Gasteiger partial charge in [0.1, 0.15) is 0 Å². The molecule has 2 amide bonds. The van der Waals surface area contributed by atoms with E-state index in [1.165, 1.54) is 0 Å². The van der Waals surface area contributed by atoms with Crippen molar-refractivity contribution in [3.63, 3.8) is 0 Å². The van der Waals surface area contributed by atoms with E-state index < -0.39 is 0 Å². The summed E-state index contributed by atoms with van der Waals surface area (Å²) in [4.78, 5) is 18.4. The van der Waals surface area contributed by atoms with E-state index in [9.17, 15) is 4.79 Å². The van der Waals surface area contributed by atoms with Crippen molar-refractivity contribution in [3.05, 3.63) is 77.9 Å². The molecule has 0 bridgehead atoms. The van der Waals surface area contributed by atoms with Crippen LogP contribution in [0.2, 0.25) is 0 Å². The Bertz CT molecular complexity index is 903. The molecule has 1 aromatic heterocycles. The topological polar surface area (TPSA) is 62.2 Å². The van der Waals surface area contributed by atoms with Crippen LogP contribution in [-0.4, -0.2) is 29.7 Å². The van der Waals surface area contributed by atoms with Gasteiger partial charge in [-0.05, 0) is 41.8 Å². The largest absolute Gasteiger partial charge is 0.378 e. The van der Waals surface area contributed by atoms with Gasteiger partial charge in [0.05, 0.1) is 6.33 Å². The zero-order valence-corrected chi connectivity index (χ0v) is 15.9. The predicted octanol–water partition coefficient (Wildman–Crippen LogP) is 3.63. The first kappa shape index (κ1) is 18.5. The number of aromatic nitrogens is 2. The van der Waals surface area contributed by atoms with Crippen molar-refractivity contribution in [1.82, 2.24) is 14.9 Å². The van der Waals surface area contributed by atoms with Crippen LogP contribution < -0.4 is 15.5 Å². The molecule has 3 rings (SSSR count). The Morgan fingerprint density at radius 3 is 2.59 bits per heavy atom. The third-order valence-electron chi connectivity index (χ3n) is 4.44. The van der Waals surface area contributed by atoms with E-state index in [1.54, 1.807) is 12.5 Å². The molecule has 0 unspecified atom stereocenters. The van der Waals surface area contributed by atoms with Gasteiger partial charge in [-0.1, -0.05) is 24.3 Å². The van der Waals surface area contributed by atoms with Gasteiger partial charge in [0.25, 0.3) is 0 Å². The molecular formula is C21H25N5O. The summed E-state index contributed by atoms with van der Waals surface area (Å²) in [7, 11) is 3.99. The van der Waals surface area contributed by atoms with E-state index in [-0.39, 0.29) is 6.03 Å². The zero-order valence-electron chi connectivity index (χ0n) is 15.9. The molecular weight excluding hydrogens is 338 g/mol. The molecule has 0 fully saturated rings. The summed E-state index contributed by atoms with van der Waals surface area (Å²) in [6.07, 6.45) is 5.48. The first-order valence-corrected chi connectivity index (χ1v) is 8.88. The second kappa shape index (κ2) is 8.40. The highest BCUT2D eigenvalue weighted by Crippen LogP contribution is 2.21. The van der Waals surface area contributed by atoms with Crippen molar-refractivity contribution in [2.24, 2.45) is 0 Å². The maximum Gasteiger partial charge on any atom is 0.319 e. The summed E-state index contributed by atoms with van der Waals surface area (Å²) in [5.41, 5.74) is 5.18. The Hall–Kier alpha value is -3.28. The summed E-state index contributed by atoms with van der Waals surface area (Å²) >= 11 is 0. The number of hydrogen-bond donors (Lipinski definition) is 2. The molecule has 2 aromatic carbocycles. The minimum Gasteiger partial charge on any atom is -0.378 e. The highest BCUT2D eigenvalue weighted by atomic mass is 16.2. The number of amides is 2. The number of imidazole rings is 1. The Kier molecular flexibility index (Phi) is 5.76. The molecule has 1 heterocycles. The van der Waals surface area contributed by atoms with E-state index in [1.807, 2.05) is 67.0 Å². The molecule has 0 aliphatic rings. The molecule has 0 spiro atoms. The van der Waals surface area contributed by atoms with Crippen molar-refractivity contribution in [3.8, 4) is 0 Å². The van der Waals surface area contributed by atoms with Gasteiger partial charge in [0, 0.05) is 51.0 Å². The van der Waals surface area contributed by atoms with Gasteiger partial charge < -0.3 is 20.1 Å². The minimum atomic E-state index is -0.215. The number of hydrogen-bond acceptors (Lipinski definition) is 3. The van der Waals surface area contributed by atoms with Gasteiger partial charge in [-0.25, -0.2) is 9.78 Å². The fraction of sp³-hybridized carbons (Fsp3) is 0.238. The van der Waals surface area contributed by atoms with Crippen molar-refractivity contribution >= 4 is 17.4 Å². The second-order valence-electron chi connectivity index (χ2n) is 6.71. The number of aryl methyl sites for hydroxylation is 1. The van der Waals surface area contributed by atoms with Crippen molar-refractivity contribution in [1.29, 1.82) is 0 Å². The summed E-state index contributed by atoms with van der Waals surface area (Å²) in [6, 6.07) is 13.8. The molecule has 6 nitrogen and oxygen atoms in total. The normalized spacial score (nSPS) is 10.5.